The average molecular weight is 415 g/mol. The molecule has 2 aromatic carbocycles. The molecular formula is C24H31ClN2O2. The summed E-state index contributed by atoms with van der Waals surface area (Å²) in [7, 11) is 0. The van der Waals surface area contributed by atoms with Gasteiger partial charge in [-0.05, 0) is 68.0 Å². The van der Waals surface area contributed by atoms with Crippen LogP contribution in [0, 0.1) is 5.92 Å². The third-order valence-corrected chi connectivity index (χ3v) is 5.75. The van der Waals surface area contributed by atoms with Crippen LogP contribution in [-0.2, 0) is 4.79 Å². The van der Waals surface area contributed by atoms with E-state index in [4.69, 9.17) is 16.3 Å². The molecule has 1 fully saturated rings. The number of benzene rings is 2. The van der Waals surface area contributed by atoms with Gasteiger partial charge in [-0.15, -0.1) is 0 Å². The molecule has 1 amide bonds. The first-order valence-electron chi connectivity index (χ1n) is 10.5. The maximum atomic E-state index is 12.7. The fraction of sp³-hybridized carbons (Fsp3) is 0.458. The number of ether oxygens (including phenoxy) is 1. The van der Waals surface area contributed by atoms with E-state index in [1.165, 1.54) is 18.5 Å². The Labute approximate surface area is 179 Å². The second-order valence-electron chi connectivity index (χ2n) is 7.99. The number of carbonyl (C=O) groups is 1. The molecule has 1 N–H and O–H groups in total. The number of anilines is 1. The Hall–Kier alpha value is -2.20. The topological polar surface area (TPSA) is 41.6 Å². The molecule has 2 aromatic rings. The van der Waals surface area contributed by atoms with Crippen LogP contribution in [0.3, 0.4) is 0 Å². The highest BCUT2D eigenvalue weighted by molar-refractivity contribution is 6.30. The van der Waals surface area contributed by atoms with Crippen molar-refractivity contribution in [1.29, 1.82) is 0 Å². The molecule has 0 spiro atoms. The molecular weight excluding hydrogens is 384 g/mol. The third kappa shape index (κ3) is 5.89. The summed E-state index contributed by atoms with van der Waals surface area (Å²) < 4.78 is 5.85. The van der Waals surface area contributed by atoms with Gasteiger partial charge in [0.05, 0.1) is 6.04 Å². The molecule has 1 aliphatic heterocycles. The number of rotatable bonds is 7. The molecule has 29 heavy (non-hydrogen) atoms. The van der Waals surface area contributed by atoms with E-state index in [1.807, 2.05) is 26.0 Å². The Morgan fingerprint density at radius 1 is 1.28 bits per heavy atom. The van der Waals surface area contributed by atoms with Gasteiger partial charge in [0.15, 0.2) is 6.10 Å². The molecule has 3 atom stereocenters. The van der Waals surface area contributed by atoms with Crippen LogP contribution in [0.1, 0.15) is 51.6 Å². The summed E-state index contributed by atoms with van der Waals surface area (Å²) in [5.74, 6) is 1.23. The minimum atomic E-state index is -0.551. The Morgan fingerprint density at radius 2 is 2.03 bits per heavy atom. The van der Waals surface area contributed by atoms with E-state index in [-0.39, 0.29) is 11.9 Å². The lowest BCUT2D eigenvalue weighted by atomic mass is 9.99. The van der Waals surface area contributed by atoms with E-state index in [2.05, 4.69) is 41.4 Å². The maximum Gasteiger partial charge on any atom is 0.261 e. The number of hydrogen-bond donors (Lipinski definition) is 1. The van der Waals surface area contributed by atoms with Crippen molar-refractivity contribution in [2.45, 2.75) is 52.2 Å². The minimum Gasteiger partial charge on any atom is -0.481 e. The van der Waals surface area contributed by atoms with Crippen LogP contribution in [-0.4, -0.2) is 25.1 Å². The molecule has 0 aliphatic carbocycles. The van der Waals surface area contributed by atoms with Crippen LogP contribution in [0.25, 0.3) is 0 Å². The normalized spacial score (nSPS) is 18.8. The minimum absolute atomic E-state index is 0.0890. The Balaban J connectivity index is 1.59. The predicted octanol–water partition coefficient (Wildman–Crippen LogP) is 5.61. The maximum absolute atomic E-state index is 12.7. The van der Waals surface area contributed by atoms with E-state index < -0.39 is 6.10 Å². The lowest BCUT2D eigenvalue weighted by Gasteiger charge is -2.33. The van der Waals surface area contributed by atoms with Crippen molar-refractivity contribution < 1.29 is 9.53 Å². The largest absolute Gasteiger partial charge is 0.481 e. The van der Waals surface area contributed by atoms with Gasteiger partial charge in [0.2, 0.25) is 0 Å². The summed E-state index contributed by atoms with van der Waals surface area (Å²) in [4.78, 5) is 15.2. The van der Waals surface area contributed by atoms with Crippen molar-refractivity contribution in [1.82, 2.24) is 5.32 Å². The smallest absolute Gasteiger partial charge is 0.261 e. The lowest BCUT2D eigenvalue weighted by Crippen LogP contribution is -2.39. The summed E-state index contributed by atoms with van der Waals surface area (Å²) in [6.45, 7) is 8.49. The molecule has 0 unspecified atom stereocenters. The summed E-state index contributed by atoms with van der Waals surface area (Å²) in [6.07, 6.45) is 2.59. The predicted molar refractivity (Wildman–Crippen MR) is 120 cm³/mol. The second-order valence-corrected chi connectivity index (χ2v) is 8.42. The summed E-state index contributed by atoms with van der Waals surface area (Å²) in [5.41, 5.74) is 2.35. The van der Waals surface area contributed by atoms with Gasteiger partial charge in [0.1, 0.15) is 5.75 Å². The van der Waals surface area contributed by atoms with Crippen molar-refractivity contribution in [3.63, 3.8) is 0 Å². The van der Waals surface area contributed by atoms with E-state index >= 15 is 0 Å². The number of nitrogens with zero attached hydrogens (tertiary/aromatic N) is 1. The number of piperidine rings is 1. The van der Waals surface area contributed by atoms with Gasteiger partial charge < -0.3 is 15.0 Å². The molecule has 0 bridgehead atoms. The molecule has 0 radical (unpaired) electrons. The van der Waals surface area contributed by atoms with Gasteiger partial charge >= 0.3 is 0 Å². The van der Waals surface area contributed by atoms with Crippen molar-refractivity contribution in [3.8, 4) is 5.75 Å². The van der Waals surface area contributed by atoms with Crippen LogP contribution in [0.4, 0.5) is 5.69 Å². The zero-order valence-electron chi connectivity index (χ0n) is 17.5. The zero-order chi connectivity index (χ0) is 20.8. The lowest BCUT2D eigenvalue weighted by molar-refractivity contribution is -0.128. The molecule has 1 aliphatic rings. The third-order valence-electron chi connectivity index (χ3n) is 5.51. The van der Waals surface area contributed by atoms with Gasteiger partial charge in [-0.2, -0.15) is 0 Å². The van der Waals surface area contributed by atoms with Gasteiger partial charge in [-0.1, -0.05) is 43.6 Å². The molecule has 1 heterocycles. The SMILES string of the molecule is CC[C@H](Oc1cccc(Cl)c1)C(=O)N[C@H](C)c1ccc(N2CCC[C@@H](C)C2)cc1. The molecule has 5 heteroatoms. The van der Waals surface area contributed by atoms with Gasteiger partial charge in [-0.25, -0.2) is 0 Å². The van der Waals surface area contributed by atoms with Crippen molar-refractivity contribution in [2.24, 2.45) is 5.92 Å². The first kappa shape index (κ1) is 21.5. The van der Waals surface area contributed by atoms with E-state index in [0.29, 0.717) is 17.2 Å². The summed E-state index contributed by atoms with van der Waals surface area (Å²) in [5, 5.41) is 3.67. The number of amides is 1. The fourth-order valence-corrected chi connectivity index (χ4v) is 3.99. The standard InChI is InChI=1S/C24H31ClN2O2/c1-4-23(29-22-9-5-8-20(25)15-22)24(28)26-18(3)19-10-12-21(13-11-19)27-14-6-7-17(2)16-27/h5,8-13,15,17-18,23H,4,6-7,14,16H2,1-3H3,(H,26,28)/t17-,18-,23+/m1/s1. The van der Waals surface area contributed by atoms with Gasteiger partial charge in [0.25, 0.3) is 5.91 Å². The van der Waals surface area contributed by atoms with Gasteiger partial charge in [-0.3, -0.25) is 4.79 Å². The number of nitrogens with one attached hydrogen (secondary N) is 1. The van der Waals surface area contributed by atoms with Crippen molar-refractivity contribution in [3.05, 3.63) is 59.1 Å². The number of hydrogen-bond acceptors (Lipinski definition) is 3. The highest BCUT2D eigenvalue weighted by Crippen LogP contribution is 2.25. The first-order valence-corrected chi connectivity index (χ1v) is 10.9. The molecule has 0 aromatic heterocycles. The highest BCUT2D eigenvalue weighted by atomic mass is 35.5. The van der Waals surface area contributed by atoms with Crippen LogP contribution in [0.5, 0.6) is 5.75 Å². The van der Waals surface area contributed by atoms with Crippen LogP contribution < -0.4 is 15.0 Å². The Morgan fingerprint density at radius 3 is 2.69 bits per heavy atom. The van der Waals surface area contributed by atoms with E-state index in [1.54, 1.807) is 12.1 Å². The average Bonchev–Trinajstić information content (AvgIpc) is 2.72. The van der Waals surface area contributed by atoms with E-state index in [9.17, 15) is 4.79 Å². The highest BCUT2D eigenvalue weighted by Gasteiger charge is 2.21. The molecule has 0 saturated carbocycles. The number of halogens is 1. The molecule has 4 nitrogen and oxygen atoms in total. The molecule has 1 saturated heterocycles. The van der Waals surface area contributed by atoms with Crippen LogP contribution >= 0.6 is 11.6 Å². The quantitative estimate of drug-likeness (QED) is 0.640. The summed E-state index contributed by atoms with van der Waals surface area (Å²) >= 11 is 6.01. The fourth-order valence-electron chi connectivity index (χ4n) is 3.81. The van der Waals surface area contributed by atoms with Crippen molar-refractivity contribution in [2.75, 3.05) is 18.0 Å². The van der Waals surface area contributed by atoms with Crippen LogP contribution in [0.2, 0.25) is 5.02 Å². The first-order chi connectivity index (χ1) is 14.0. The zero-order valence-corrected chi connectivity index (χ0v) is 18.3. The molecule has 156 valence electrons. The van der Waals surface area contributed by atoms with Crippen LogP contribution in [0.15, 0.2) is 48.5 Å². The Kier molecular flexibility index (Phi) is 7.43. The monoisotopic (exact) mass is 414 g/mol. The second kappa shape index (κ2) is 10.0. The molecule has 3 rings (SSSR count). The number of carbonyl (C=O) groups excluding carboxylic acids is 1. The van der Waals surface area contributed by atoms with E-state index in [0.717, 1.165) is 24.6 Å². The van der Waals surface area contributed by atoms with Gasteiger partial charge in [0, 0.05) is 23.8 Å². The summed E-state index contributed by atoms with van der Waals surface area (Å²) in [6, 6.07) is 15.6. The Bertz CT molecular complexity index is 809. The van der Waals surface area contributed by atoms with Crippen molar-refractivity contribution >= 4 is 23.2 Å².